The summed E-state index contributed by atoms with van der Waals surface area (Å²) in [6.07, 6.45) is 0.137. The fourth-order valence-corrected chi connectivity index (χ4v) is 1.61. The fraction of sp³-hybridized carbons (Fsp3) is 0.538. The highest BCUT2D eigenvalue weighted by atomic mass is 35.5. The van der Waals surface area contributed by atoms with Gasteiger partial charge in [-0.15, -0.1) is 0 Å². The second kappa shape index (κ2) is 6.12. The molecule has 3 heteroatoms. The summed E-state index contributed by atoms with van der Waals surface area (Å²) >= 11 is 6.14. The number of hydrogen-bond donors (Lipinski definition) is 1. The Morgan fingerprint density at radius 1 is 1.25 bits per heavy atom. The van der Waals surface area contributed by atoms with Crippen LogP contribution in [0.25, 0.3) is 0 Å². The SMILES string of the molecule is CC(C)NCc1cccc(Cl)c1OC(C)C. The second-order valence-corrected chi connectivity index (χ2v) is 4.84. The third-order valence-corrected chi connectivity index (χ3v) is 2.40. The average Bonchev–Trinajstić information content (AvgIpc) is 2.18. The predicted molar refractivity (Wildman–Crippen MR) is 69.2 cm³/mol. The Hall–Kier alpha value is -0.730. The molecule has 0 aliphatic carbocycles. The first-order valence-corrected chi connectivity index (χ1v) is 6.06. The quantitative estimate of drug-likeness (QED) is 0.850. The highest BCUT2D eigenvalue weighted by molar-refractivity contribution is 6.32. The molecule has 0 fully saturated rings. The van der Waals surface area contributed by atoms with E-state index in [9.17, 15) is 0 Å². The molecule has 1 aromatic carbocycles. The Labute approximate surface area is 103 Å². The lowest BCUT2D eigenvalue weighted by Gasteiger charge is -2.17. The monoisotopic (exact) mass is 241 g/mol. The van der Waals surface area contributed by atoms with E-state index in [1.807, 2.05) is 32.0 Å². The van der Waals surface area contributed by atoms with Gasteiger partial charge in [-0.3, -0.25) is 0 Å². The number of hydrogen-bond acceptors (Lipinski definition) is 2. The molecule has 0 radical (unpaired) electrons. The maximum atomic E-state index is 6.14. The van der Waals surface area contributed by atoms with E-state index in [-0.39, 0.29) is 6.10 Å². The molecular weight excluding hydrogens is 222 g/mol. The highest BCUT2D eigenvalue weighted by Crippen LogP contribution is 2.29. The van der Waals surface area contributed by atoms with Crippen molar-refractivity contribution in [3.63, 3.8) is 0 Å². The van der Waals surface area contributed by atoms with Gasteiger partial charge in [0.05, 0.1) is 11.1 Å². The summed E-state index contributed by atoms with van der Waals surface area (Å²) in [5.41, 5.74) is 1.11. The van der Waals surface area contributed by atoms with Crippen LogP contribution >= 0.6 is 11.6 Å². The largest absolute Gasteiger partial charge is 0.489 e. The molecule has 0 saturated carbocycles. The molecule has 0 unspecified atom stereocenters. The normalized spacial score (nSPS) is 11.2. The van der Waals surface area contributed by atoms with Crippen LogP contribution < -0.4 is 10.1 Å². The lowest BCUT2D eigenvalue weighted by atomic mass is 10.2. The zero-order valence-corrected chi connectivity index (χ0v) is 11.1. The maximum absolute atomic E-state index is 6.14. The van der Waals surface area contributed by atoms with Crippen LogP contribution in [0.1, 0.15) is 33.3 Å². The van der Waals surface area contributed by atoms with E-state index in [0.29, 0.717) is 11.1 Å². The van der Waals surface area contributed by atoms with E-state index in [2.05, 4.69) is 19.2 Å². The molecule has 1 aromatic rings. The van der Waals surface area contributed by atoms with Gasteiger partial charge in [0.15, 0.2) is 0 Å². The van der Waals surface area contributed by atoms with Gasteiger partial charge in [-0.05, 0) is 19.9 Å². The first kappa shape index (κ1) is 13.3. The molecule has 90 valence electrons. The van der Waals surface area contributed by atoms with E-state index >= 15 is 0 Å². The number of benzene rings is 1. The van der Waals surface area contributed by atoms with E-state index < -0.39 is 0 Å². The van der Waals surface area contributed by atoms with Crippen molar-refractivity contribution in [1.82, 2.24) is 5.32 Å². The van der Waals surface area contributed by atoms with Gasteiger partial charge < -0.3 is 10.1 Å². The van der Waals surface area contributed by atoms with Crippen molar-refractivity contribution < 1.29 is 4.74 Å². The Kier molecular flexibility index (Phi) is 5.10. The molecule has 0 atom stereocenters. The van der Waals surface area contributed by atoms with Crippen molar-refractivity contribution in [3.8, 4) is 5.75 Å². The molecule has 0 saturated heterocycles. The molecule has 0 aliphatic heterocycles. The van der Waals surface area contributed by atoms with E-state index in [4.69, 9.17) is 16.3 Å². The molecule has 0 heterocycles. The minimum absolute atomic E-state index is 0.137. The Bertz CT molecular complexity index is 337. The van der Waals surface area contributed by atoms with Crippen LogP contribution in [0.2, 0.25) is 5.02 Å². The highest BCUT2D eigenvalue weighted by Gasteiger charge is 2.10. The topological polar surface area (TPSA) is 21.3 Å². The summed E-state index contributed by atoms with van der Waals surface area (Å²) in [5, 5.41) is 4.04. The van der Waals surface area contributed by atoms with Crippen LogP contribution in [0.4, 0.5) is 0 Å². The van der Waals surface area contributed by atoms with Crippen molar-refractivity contribution in [2.75, 3.05) is 0 Å². The lowest BCUT2D eigenvalue weighted by Crippen LogP contribution is -2.22. The molecule has 16 heavy (non-hydrogen) atoms. The van der Waals surface area contributed by atoms with Crippen molar-refractivity contribution in [2.45, 2.75) is 46.4 Å². The first-order chi connectivity index (χ1) is 7.50. The van der Waals surface area contributed by atoms with Gasteiger partial charge in [-0.1, -0.05) is 37.6 Å². The minimum Gasteiger partial charge on any atom is -0.489 e. The first-order valence-electron chi connectivity index (χ1n) is 5.68. The molecule has 2 nitrogen and oxygen atoms in total. The lowest BCUT2D eigenvalue weighted by molar-refractivity contribution is 0.239. The number of nitrogens with one attached hydrogen (secondary N) is 1. The maximum Gasteiger partial charge on any atom is 0.142 e. The number of rotatable bonds is 5. The van der Waals surface area contributed by atoms with Crippen molar-refractivity contribution in [3.05, 3.63) is 28.8 Å². The molecule has 1 N–H and O–H groups in total. The minimum atomic E-state index is 0.137. The Balaban J connectivity index is 2.85. The van der Waals surface area contributed by atoms with Crippen molar-refractivity contribution >= 4 is 11.6 Å². The van der Waals surface area contributed by atoms with Gasteiger partial charge in [-0.2, -0.15) is 0 Å². The summed E-state index contributed by atoms with van der Waals surface area (Å²) in [5.74, 6) is 0.798. The van der Waals surface area contributed by atoms with E-state index in [1.54, 1.807) is 0 Å². The van der Waals surface area contributed by atoms with Gasteiger partial charge in [0.25, 0.3) is 0 Å². The molecule has 1 rings (SSSR count). The van der Waals surface area contributed by atoms with Gasteiger partial charge >= 0.3 is 0 Å². The molecular formula is C13H20ClNO. The van der Waals surface area contributed by atoms with Crippen molar-refractivity contribution in [1.29, 1.82) is 0 Å². The molecule has 0 bridgehead atoms. The van der Waals surface area contributed by atoms with Crippen LogP contribution in [-0.2, 0) is 6.54 Å². The standard InChI is InChI=1S/C13H20ClNO/c1-9(2)15-8-11-6-5-7-12(14)13(11)16-10(3)4/h5-7,9-10,15H,8H2,1-4H3. The third kappa shape index (κ3) is 4.03. The zero-order valence-electron chi connectivity index (χ0n) is 10.4. The predicted octanol–water partition coefficient (Wildman–Crippen LogP) is 3.63. The zero-order chi connectivity index (χ0) is 12.1. The summed E-state index contributed by atoms with van der Waals surface area (Å²) in [7, 11) is 0. The Morgan fingerprint density at radius 3 is 2.50 bits per heavy atom. The smallest absolute Gasteiger partial charge is 0.142 e. The van der Waals surface area contributed by atoms with Crippen molar-refractivity contribution in [2.24, 2.45) is 0 Å². The van der Waals surface area contributed by atoms with Crippen LogP contribution in [0.5, 0.6) is 5.75 Å². The molecule has 0 aliphatic rings. The van der Waals surface area contributed by atoms with Gasteiger partial charge in [0.2, 0.25) is 0 Å². The van der Waals surface area contributed by atoms with Crippen LogP contribution in [-0.4, -0.2) is 12.1 Å². The Morgan fingerprint density at radius 2 is 1.94 bits per heavy atom. The van der Waals surface area contributed by atoms with E-state index in [1.165, 1.54) is 0 Å². The van der Waals surface area contributed by atoms with Crippen LogP contribution in [0.15, 0.2) is 18.2 Å². The number of halogens is 1. The third-order valence-electron chi connectivity index (χ3n) is 2.10. The summed E-state index contributed by atoms with van der Waals surface area (Å²) in [4.78, 5) is 0. The van der Waals surface area contributed by atoms with Crippen LogP contribution in [0.3, 0.4) is 0 Å². The molecule has 0 amide bonds. The fourth-order valence-electron chi connectivity index (χ4n) is 1.37. The van der Waals surface area contributed by atoms with Gasteiger partial charge in [0.1, 0.15) is 5.75 Å². The average molecular weight is 242 g/mol. The second-order valence-electron chi connectivity index (χ2n) is 4.43. The number of para-hydroxylation sites is 1. The molecule has 0 aromatic heterocycles. The summed E-state index contributed by atoms with van der Waals surface area (Å²) in [6, 6.07) is 6.30. The van der Waals surface area contributed by atoms with Gasteiger partial charge in [-0.25, -0.2) is 0 Å². The summed E-state index contributed by atoms with van der Waals surface area (Å²) in [6.45, 7) is 9.02. The van der Waals surface area contributed by atoms with E-state index in [0.717, 1.165) is 17.9 Å². The van der Waals surface area contributed by atoms with Gasteiger partial charge in [0, 0.05) is 18.2 Å². The molecule has 0 spiro atoms. The van der Waals surface area contributed by atoms with Crippen LogP contribution in [0, 0.1) is 0 Å². The summed E-state index contributed by atoms with van der Waals surface area (Å²) < 4.78 is 5.74. The number of ether oxygens (including phenoxy) is 1.